The summed E-state index contributed by atoms with van der Waals surface area (Å²) >= 11 is 12.3. The molecule has 4 nitrogen and oxygen atoms in total. The molecule has 3 rings (SSSR count). The van der Waals surface area contributed by atoms with E-state index in [9.17, 15) is 9.59 Å². The van der Waals surface area contributed by atoms with Gasteiger partial charge in [0, 0.05) is 29.1 Å². The van der Waals surface area contributed by atoms with Gasteiger partial charge in [0.1, 0.15) is 6.04 Å². The second-order valence-corrected chi connectivity index (χ2v) is 8.71. The summed E-state index contributed by atoms with van der Waals surface area (Å²) < 4.78 is 0. The molecule has 0 aliphatic heterocycles. The van der Waals surface area contributed by atoms with E-state index in [2.05, 4.69) is 5.32 Å². The van der Waals surface area contributed by atoms with Crippen LogP contribution in [-0.2, 0) is 22.7 Å². The molecule has 2 amide bonds. The van der Waals surface area contributed by atoms with Gasteiger partial charge in [-0.1, -0.05) is 97.7 Å². The van der Waals surface area contributed by atoms with Crippen LogP contribution in [0.5, 0.6) is 0 Å². The lowest BCUT2D eigenvalue weighted by atomic mass is 10.0. The fraction of sp³-hybridized carbons (Fsp3) is 0.231. The molecule has 0 bridgehead atoms. The topological polar surface area (TPSA) is 49.4 Å². The van der Waals surface area contributed by atoms with Gasteiger partial charge in [-0.2, -0.15) is 0 Å². The van der Waals surface area contributed by atoms with Gasteiger partial charge in [-0.25, -0.2) is 0 Å². The molecule has 0 aliphatic rings. The molecule has 3 aromatic rings. The fourth-order valence-electron chi connectivity index (χ4n) is 3.44. The molecule has 166 valence electrons. The lowest BCUT2D eigenvalue weighted by molar-refractivity contribution is -0.144. The molecule has 1 atom stereocenters. The van der Waals surface area contributed by atoms with Crippen molar-refractivity contribution in [2.75, 3.05) is 0 Å². The van der Waals surface area contributed by atoms with Crippen LogP contribution in [0.15, 0.2) is 78.9 Å². The van der Waals surface area contributed by atoms with Crippen LogP contribution in [0.2, 0.25) is 10.0 Å². The van der Waals surface area contributed by atoms with Gasteiger partial charge in [0.15, 0.2) is 0 Å². The number of carbonyl (C=O) groups is 2. The zero-order chi connectivity index (χ0) is 23.1. The van der Waals surface area contributed by atoms with Crippen molar-refractivity contribution in [3.63, 3.8) is 0 Å². The monoisotopic (exact) mass is 468 g/mol. The zero-order valence-electron chi connectivity index (χ0n) is 18.1. The Kier molecular flexibility index (Phi) is 8.32. The Morgan fingerprint density at radius 1 is 0.875 bits per heavy atom. The highest BCUT2D eigenvalue weighted by Crippen LogP contribution is 2.26. The van der Waals surface area contributed by atoms with E-state index >= 15 is 0 Å². The molecule has 6 heteroatoms. The maximum atomic E-state index is 13.5. The average Bonchev–Trinajstić information content (AvgIpc) is 2.79. The molecule has 0 saturated carbocycles. The fourth-order valence-corrected chi connectivity index (χ4v) is 3.77. The predicted octanol–water partition coefficient (Wildman–Crippen LogP) is 6.04. The molecule has 1 N–H and O–H groups in total. The Morgan fingerprint density at radius 2 is 1.50 bits per heavy atom. The molecule has 3 aromatic carbocycles. The van der Waals surface area contributed by atoms with Crippen LogP contribution < -0.4 is 5.32 Å². The number of nitrogens with zero attached hydrogens (tertiary/aromatic N) is 1. The summed E-state index contributed by atoms with van der Waals surface area (Å²) in [6, 6.07) is 23.2. The van der Waals surface area contributed by atoms with Gasteiger partial charge in [-0.3, -0.25) is 9.59 Å². The summed E-state index contributed by atoms with van der Waals surface area (Å²) in [5.74, 6) is -0.648. The second kappa shape index (κ2) is 11.2. The first-order valence-corrected chi connectivity index (χ1v) is 11.2. The molecule has 0 saturated heterocycles. The van der Waals surface area contributed by atoms with Crippen LogP contribution in [0, 0.1) is 5.92 Å². The molecule has 0 heterocycles. The first kappa shape index (κ1) is 23.8. The third kappa shape index (κ3) is 6.12. The first-order valence-electron chi connectivity index (χ1n) is 10.5. The summed E-state index contributed by atoms with van der Waals surface area (Å²) in [7, 11) is 0. The summed E-state index contributed by atoms with van der Waals surface area (Å²) in [6.07, 6.45) is 0. The van der Waals surface area contributed by atoms with E-state index in [1.807, 2.05) is 74.5 Å². The van der Waals surface area contributed by atoms with Gasteiger partial charge in [0.2, 0.25) is 11.8 Å². The van der Waals surface area contributed by atoms with E-state index in [0.29, 0.717) is 10.0 Å². The Balaban J connectivity index is 1.94. The van der Waals surface area contributed by atoms with E-state index in [0.717, 1.165) is 16.7 Å². The van der Waals surface area contributed by atoms with Crippen LogP contribution in [0.25, 0.3) is 0 Å². The average molecular weight is 469 g/mol. The Labute approximate surface area is 199 Å². The second-order valence-electron chi connectivity index (χ2n) is 7.87. The van der Waals surface area contributed by atoms with E-state index < -0.39 is 6.04 Å². The summed E-state index contributed by atoms with van der Waals surface area (Å²) in [6.45, 7) is 4.22. The van der Waals surface area contributed by atoms with Crippen molar-refractivity contribution in [1.82, 2.24) is 10.2 Å². The zero-order valence-corrected chi connectivity index (χ0v) is 19.6. The molecule has 0 spiro atoms. The van der Waals surface area contributed by atoms with E-state index in [1.165, 1.54) is 0 Å². The standard InChI is InChI=1S/C26H26Cl2N2O2/c1-18(2)26(32)30(17-19-12-14-22(27)15-13-19)24(20-8-4-3-5-9-20)25(31)29-16-21-10-6-7-11-23(21)28/h3-15,18,24H,16-17H2,1-2H3,(H,29,31). The molecular formula is C26H26Cl2N2O2. The number of halogens is 2. The minimum Gasteiger partial charge on any atom is -0.350 e. The van der Waals surface area contributed by atoms with Gasteiger partial charge in [0.05, 0.1) is 0 Å². The molecule has 0 aromatic heterocycles. The van der Waals surface area contributed by atoms with Gasteiger partial charge >= 0.3 is 0 Å². The van der Waals surface area contributed by atoms with Gasteiger partial charge < -0.3 is 10.2 Å². The minimum absolute atomic E-state index is 0.110. The van der Waals surface area contributed by atoms with Crippen LogP contribution in [-0.4, -0.2) is 16.7 Å². The quantitative estimate of drug-likeness (QED) is 0.438. The number of benzene rings is 3. The van der Waals surface area contributed by atoms with E-state index in [4.69, 9.17) is 23.2 Å². The van der Waals surface area contributed by atoms with Crippen molar-refractivity contribution >= 4 is 35.0 Å². The van der Waals surface area contributed by atoms with E-state index in [-0.39, 0.29) is 30.8 Å². The maximum absolute atomic E-state index is 13.5. The molecular weight excluding hydrogens is 443 g/mol. The lowest BCUT2D eigenvalue weighted by Gasteiger charge is -2.33. The van der Waals surface area contributed by atoms with Crippen molar-refractivity contribution < 1.29 is 9.59 Å². The Hall–Kier alpha value is -2.82. The molecule has 0 aliphatic carbocycles. The smallest absolute Gasteiger partial charge is 0.247 e. The van der Waals surface area contributed by atoms with Gasteiger partial charge in [0.25, 0.3) is 0 Å². The number of rotatable bonds is 8. The van der Waals surface area contributed by atoms with Crippen LogP contribution >= 0.6 is 23.2 Å². The largest absolute Gasteiger partial charge is 0.350 e. The van der Waals surface area contributed by atoms with Gasteiger partial charge in [-0.15, -0.1) is 0 Å². The van der Waals surface area contributed by atoms with Crippen LogP contribution in [0.3, 0.4) is 0 Å². The van der Waals surface area contributed by atoms with Crippen molar-refractivity contribution in [2.24, 2.45) is 5.92 Å². The van der Waals surface area contributed by atoms with Crippen LogP contribution in [0.1, 0.15) is 36.6 Å². The lowest BCUT2D eigenvalue weighted by Crippen LogP contribution is -2.44. The third-order valence-electron chi connectivity index (χ3n) is 5.13. The molecule has 32 heavy (non-hydrogen) atoms. The third-order valence-corrected chi connectivity index (χ3v) is 5.75. The Morgan fingerprint density at radius 3 is 2.12 bits per heavy atom. The molecule has 0 radical (unpaired) electrons. The number of hydrogen-bond donors (Lipinski definition) is 1. The minimum atomic E-state index is -0.788. The van der Waals surface area contributed by atoms with Crippen molar-refractivity contribution in [3.8, 4) is 0 Å². The highest BCUT2D eigenvalue weighted by atomic mass is 35.5. The highest BCUT2D eigenvalue weighted by molar-refractivity contribution is 6.31. The molecule has 0 fully saturated rings. The number of hydrogen-bond acceptors (Lipinski definition) is 2. The summed E-state index contributed by atoms with van der Waals surface area (Å²) in [4.78, 5) is 28.4. The Bertz CT molecular complexity index is 1050. The SMILES string of the molecule is CC(C)C(=O)N(Cc1ccc(Cl)cc1)C(C(=O)NCc1ccccc1Cl)c1ccccc1. The van der Waals surface area contributed by atoms with Crippen molar-refractivity contribution in [1.29, 1.82) is 0 Å². The van der Waals surface area contributed by atoms with Crippen molar-refractivity contribution in [2.45, 2.75) is 33.0 Å². The summed E-state index contributed by atoms with van der Waals surface area (Å²) in [5, 5.41) is 4.17. The maximum Gasteiger partial charge on any atom is 0.247 e. The first-order chi connectivity index (χ1) is 15.4. The van der Waals surface area contributed by atoms with E-state index in [1.54, 1.807) is 23.1 Å². The summed E-state index contributed by atoms with van der Waals surface area (Å²) in [5.41, 5.74) is 2.45. The van der Waals surface area contributed by atoms with Crippen LogP contribution in [0.4, 0.5) is 0 Å². The predicted molar refractivity (Wildman–Crippen MR) is 129 cm³/mol. The number of amides is 2. The molecule has 1 unspecified atom stereocenters. The van der Waals surface area contributed by atoms with Crippen molar-refractivity contribution in [3.05, 3.63) is 106 Å². The normalized spacial score (nSPS) is 11.8. The number of carbonyl (C=O) groups excluding carboxylic acids is 2. The number of nitrogens with one attached hydrogen (secondary N) is 1. The highest BCUT2D eigenvalue weighted by Gasteiger charge is 2.32. The van der Waals surface area contributed by atoms with Gasteiger partial charge in [-0.05, 0) is 34.9 Å².